The largest absolute Gasteiger partial charge is 0.311 e. The molecule has 0 spiro atoms. The average molecular weight is 254 g/mol. The van der Waals surface area contributed by atoms with Gasteiger partial charge < -0.3 is 5.32 Å². The van der Waals surface area contributed by atoms with Gasteiger partial charge in [0.1, 0.15) is 11.6 Å². The summed E-state index contributed by atoms with van der Waals surface area (Å²) >= 11 is 1.48. The number of aromatic nitrogens is 1. The van der Waals surface area contributed by atoms with Crippen LogP contribution in [-0.2, 0) is 6.42 Å². The van der Waals surface area contributed by atoms with Gasteiger partial charge in [0.2, 0.25) is 0 Å². The van der Waals surface area contributed by atoms with Gasteiger partial charge in [0.05, 0.1) is 17.2 Å². The normalized spacial score (nSPS) is 12.6. The Morgan fingerprint density at radius 3 is 2.88 bits per heavy atom. The Morgan fingerprint density at radius 1 is 1.41 bits per heavy atom. The molecule has 0 saturated carbocycles. The summed E-state index contributed by atoms with van der Waals surface area (Å²) in [7, 11) is 1.78. The molecule has 1 heterocycles. The number of rotatable bonds is 4. The smallest absolute Gasteiger partial charge is 0.126 e. The van der Waals surface area contributed by atoms with Crippen molar-refractivity contribution in [3.63, 3.8) is 0 Å². The maximum atomic E-state index is 13.5. The van der Waals surface area contributed by atoms with Crippen molar-refractivity contribution in [3.8, 4) is 0 Å². The van der Waals surface area contributed by atoms with E-state index in [1.54, 1.807) is 12.6 Å². The summed E-state index contributed by atoms with van der Waals surface area (Å²) in [6.45, 7) is 0. The third-order valence-electron chi connectivity index (χ3n) is 2.59. The van der Waals surface area contributed by atoms with Crippen LogP contribution >= 0.6 is 11.3 Å². The summed E-state index contributed by atoms with van der Waals surface area (Å²) in [4.78, 5) is 4.18. The van der Waals surface area contributed by atoms with E-state index >= 15 is 0 Å². The molecule has 0 aliphatic rings. The molecule has 5 heteroatoms. The summed E-state index contributed by atoms with van der Waals surface area (Å²) in [5.41, 5.74) is 2.93. The third kappa shape index (κ3) is 2.87. The number of benzene rings is 1. The highest BCUT2D eigenvalue weighted by Gasteiger charge is 2.14. The molecule has 1 aromatic heterocycles. The molecule has 2 rings (SSSR count). The van der Waals surface area contributed by atoms with Crippen LogP contribution in [-0.4, -0.2) is 12.0 Å². The van der Waals surface area contributed by atoms with Gasteiger partial charge in [-0.1, -0.05) is 0 Å². The molecule has 17 heavy (non-hydrogen) atoms. The molecule has 0 aliphatic heterocycles. The van der Waals surface area contributed by atoms with Crippen LogP contribution in [0.25, 0.3) is 0 Å². The van der Waals surface area contributed by atoms with Crippen molar-refractivity contribution in [1.29, 1.82) is 0 Å². The molecule has 2 nitrogen and oxygen atoms in total. The van der Waals surface area contributed by atoms with Crippen LogP contribution in [0.15, 0.2) is 29.1 Å². The van der Waals surface area contributed by atoms with Gasteiger partial charge in [-0.15, -0.1) is 11.3 Å². The average Bonchev–Trinajstić information content (AvgIpc) is 2.84. The number of hydrogen-bond donors (Lipinski definition) is 1. The second-order valence-corrected chi connectivity index (χ2v) is 4.41. The molecule has 0 aliphatic carbocycles. The van der Waals surface area contributed by atoms with Gasteiger partial charge in [-0.25, -0.2) is 13.8 Å². The van der Waals surface area contributed by atoms with E-state index in [1.807, 2.05) is 5.38 Å². The highest BCUT2D eigenvalue weighted by atomic mass is 32.1. The first-order chi connectivity index (χ1) is 8.20. The summed E-state index contributed by atoms with van der Waals surface area (Å²) in [6.07, 6.45) is 0.379. The molecule has 1 atom stereocenters. The van der Waals surface area contributed by atoms with E-state index < -0.39 is 5.82 Å². The van der Waals surface area contributed by atoms with Crippen LogP contribution in [0.2, 0.25) is 0 Å². The Balaban J connectivity index is 2.21. The molecule has 0 fully saturated rings. The van der Waals surface area contributed by atoms with Crippen molar-refractivity contribution < 1.29 is 8.78 Å². The third-order valence-corrected chi connectivity index (χ3v) is 3.19. The lowest BCUT2D eigenvalue weighted by molar-refractivity contribution is 0.538. The first-order valence-electron chi connectivity index (χ1n) is 5.20. The molecule has 1 unspecified atom stereocenters. The Hall–Kier alpha value is -1.33. The molecule has 0 radical (unpaired) electrons. The Bertz CT molecular complexity index is 485. The fraction of sp³-hybridized carbons (Fsp3) is 0.250. The molecule has 0 saturated heterocycles. The number of likely N-dealkylation sites (N-methyl/N-ethyl adjacent to an activating group) is 1. The van der Waals surface area contributed by atoms with Gasteiger partial charge in [0.15, 0.2) is 0 Å². The molecule has 1 aromatic carbocycles. The highest BCUT2D eigenvalue weighted by Crippen LogP contribution is 2.20. The fourth-order valence-corrected chi connectivity index (χ4v) is 2.28. The van der Waals surface area contributed by atoms with E-state index in [-0.39, 0.29) is 11.9 Å². The van der Waals surface area contributed by atoms with Crippen molar-refractivity contribution in [1.82, 2.24) is 10.3 Å². The zero-order valence-corrected chi connectivity index (χ0v) is 10.1. The van der Waals surface area contributed by atoms with Crippen LogP contribution in [0.5, 0.6) is 0 Å². The van der Waals surface area contributed by atoms with Gasteiger partial charge in [-0.05, 0) is 37.2 Å². The summed E-state index contributed by atoms with van der Waals surface area (Å²) in [5.74, 6) is -0.809. The van der Waals surface area contributed by atoms with Crippen LogP contribution in [0.4, 0.5) is 8.78 Å². The Kier molecular flexibility index (Phi) is 3.81. The topological polar surface area (TPSA) is 24.9 Å². The molecule has 1 N–H and O–H groups in total. The van der Waals surface area contributed by atoms with Gasteiger partial charge >= 0.3 is 0 Å². The number of halogens is 2. The van der Waals surface area contributed by atoms with Crippen LogP contribution in [0.1, 0.15) is 17.3 Å². The molecular weight excluding hydrogens is 242 g/mol. The Morgan fingerprint density at radius 2 is 2.24 bits per heavy atom. The van der Waals surface area contributed by atoms with Gasteiger partial charge in [0.25, 0.3) is 0 Å². The molecule has 2 aromatic rings. The number of nitrogens with one attached hydrogen (secondary N) is 1. The maximum absolute atomic E-state index is 13.5. The summed E-state index contributed by atoms with van der Waals surface area (Å²) in [5, 5.41) is 4.96. The number of hydrogen-bond acceptors (Lipinski definition) is 3. The summed E-state index contributed by atoms with van der Waals surface area (Å²) in [6, 6.07) is 3.40. The van der Waals surface area contributed by atoms with Crippen molar-refractivity contribution in [2.75, 3.05) is 7.05 Å². The minimum atomic E-state index is -0.422. The van der Waals surface area contributed by atoms with Crippen LogP contribution in [0.3, 0.4) is 0 Å². The van der Waals surface area contributed by atoms with Crippen molar-refractivity contribution in [2.24, 2.45) is 0 Å². The fourth-order valence-electron chi connectivity index (χ4n) is 1.67. The molecular formula is C12H12F2N2S. The van der Waals surface area contributed by atoms with E-state index in [0.717, 1.165) is 17.8 Å². The SMILES string of the molecule is CNC(Cc1cc(F)ccc1F)c1cscn1. The predicted molar refractivity (Wildman–Crippen MR) is 64.0 cm³/mol. The van der Waals surface area contributed by atoms with Crippen molar-refractivity contribution >= 4 is 11.3 Å². The maximum Gasteiger partial charge on any atom is 0.126 e. The first-order valence-corrected chi connectivity index (χ1v) is 6.14. The second kappa shape index (κ2) is 5.33. The van der Waals surface area contributed by atoms with Gasteiger partial charge in [0, 0.05) is 5.38 Å². The minimum absolute atomic E-state index is 0.0995. The lowest BCUT2D eigenvalue weighted by atomic mass is 10.0. The van der Waals surface area contributed by atoms with E-state index in [4.69, 9.17) is 0 Å². The van der Waals surface area contributed by atoms with Crippen molar-refractivity contribution in [2.45, 2.75) is 12.5 Å². The van der Waals surface area contributed by atoms with Crippen LogP contribution < -0.4 is 5.32 Å². The van der Waals surface area contributed by atoms with Crippen molar-refractivity contribution in [3.05, 3.63) is 52.0 Å². The van der Waals surface area contributed by atoms with E-state index in [9.17, 15) is 8.78 Å². The zero-order chi connectivity index (χ0) is 12.3. The second-order valence-electron chi connectivity index (χ2n) is 3.69. The van der Waals surface area contributed by atoms with Gasteiger partial charge in [-0.3, -0.25) is 0 Å². The van der Waals surface area contributed by atoms with E-state index in [0.29, 0.717) is 12.0 Å². The lowest BCUT2D eigenvalue weighted by Crippen LogP contribution is -2.19. The minimum Gasteiger partial charge on any atom is -0.311 e. The number of nitrogens with zero attached hydrogens (tertiary/aromatic N) is 1. The first kappa shape index (κ1) is 12.1. The van der Waals surface area contributed by atoms with E-state index in [2.05, 4.69) is 10.3 Å². The lowest BCUT2D eigenvalue weighted by Gasteiger charge is -2.14. The molecule has 90 valence electrons. The summed E-state index contributed by atoms with van der Waals surface area (Å²) < 4.78 is 26.5. The molecule has 0 bridgehead atoms. The monoisotopic (exact) mass is 254 g/mol. The zero-order valence-electron chi connectivity index (χ0n) is 9.28. The predicted octanol–water partition coefficient (Wildman–Crippen LogP) is 2.92. The highest BCUT2D eigenvalue weighted by molar-refractivity contribution is 7.07. The number of thiazole rings is 1. The standard InChI is InChI=1S/C12H12F2N2S/c1-15-11(12-6-17-7-16-12)5-8-4-9(13)2-3-10(8)14/h2-4,6-7,11,15H,5H2,1H3. The van der Waals surface area contributed by atoms with E-state index in [1.165, 1.54) is 17.4 Å². The van der Waals surface area contributed by atoms with Crippen LogP contribution in [0, 0.1) is 11.6 Å². The molecule has 0 amide bonds. The van der Waals surface area contributed by atoms with Gasteiger partial charge in [-0.2, -0.15) is 0 Å². The Labute approximate surface area is 102 Å². The quantitative estimate of drug-likeness (QED) is 0.907.